The fourth-order valence-electron chi connectivity index (χ4n) is 1.22. The Hall–Kier alpha value is -1.09. The van der Waals surface area contributed by atoms with Crippen molar-refractivity contribution in [3.8, 4) is 5.88 Å². The van der Waals surface area contributed by atoms with Gasteiger partial charge in [0.25, 0.3) is 0 Å². The minimum absolute atomic E-state index is 0.149. The molecule has 1 rings (SSSR count). The molecule has 3 heteroatoms. The second-order valence-electron chi connectivity index (χ2n) is 4.46. The van der Waals surface area contributed by atoms with Crippen LogP contribution in [0.15, 0.2) is 18.2 Å². The molecule has 0 fully saturated rings. The summed E-state index contributed by atoms with van der Waals surface area (Å²) in [6.07, 6.45) is 0.964. The summed E-state index contributed by atoms with van der Waals surface area (Å²) in [5.41, 5.74) is 0.871. The van der Waals surface area contributed by atoms with Crippen molar-refractivity contribution in [1.82, 2.24) is 10.3 Å². The molecule has 3 nitrogen and oxygen atoms in total. The monoisotopic (exact) mass is 222 g/mol. The Balaban J connectivity index is 2.67. The van der Waals surface area contributed by atoms with E-state index in [0.717, 1.165) is 25.2 Å². The van der Waals surface area contributed by atoms with Crippen LogP contribution in [-0.4, -0.2) is 17.1 Å². The third-order valence-corrected chi connectivity index (χ3v) is 2.57. The van der Waals surface area contributed by atoms with Crippen molar-refractivity contribution in [2.75, 3.05) is 6.54 Å². The van der Waals surface area contributed by atoms with Crippen molar-refractivity contribution < 1.29 is 4.74 Å². The van der Waals surface area contributed by atoms with Crippen molar-refractivity contribution in [2.24, 2.45) is 0 Å². The van der Waals surface area contributed by atoms with Gasteiger partial charge in [-0.15, -0.1) is 0 Å². The fourth-order valence-corrected chi connectivity index (χ4v) is 1.22. The first-order valence-electron chi connectivity index (χ1n) is 5.93. The van der Waals surface area contributed by atoms with Gasteiger partial charge in [0.05, 0.1) is 5.69 Å². The van der Waals surface area contributed by atoms with Crippen LogP contribution >= 0.6 is 0 Å². The van der Waals surface area contributed by atoms with Gasteiger partial charge in [-0.1, -0.05) is 19.9 Å². The van der Waals surface area contributed by atoms with Crippen molar-refractivity contribution in [3.63, 3.8) is 0 Å². The summed E-state index contributed by atoms with van der Waals surface area (Å²) in [6, 6.07) is 5.90. The number of nitrogens with one attached hydrogen (secondary N) is 1. The number of hydrogen-bond acceptors (Lipinski definition) is 3. The predicted octanol–water partition coefficient (Wildman–Crippen LogP) is 2.76. The first-order chi connectivity index (χ1) is 7.57. The van der Waals surface area contributed by atoms with E-state index in [0.29, 0.717) is 5.88 Å². The largest absolute Gasteiger partial charge is 0.472 e. The van der Waals surface area contributed by atoms with Gasteiger partial charge in [0, 0.05) is 12.6 Å². The molecule has 0 saturated carbocycles. The normalized spacial score (nSPS) is 11.5. The van der Waals surface area contributed by atoms with Crippen LogP contribution in [0.25, 0.3) is 0 Å². The van der Waals surface area contributed by atoms with Gasteiger partial charge < -0.3 is 10.1 Å². The standard InChI is InChI=1S/C13H22N2O/c1-5-13(3,4)16-12-9-7-8-11(15-12)10-14-6-2/h7-9,14H,5-6,10H2,1-4H3. The van der Waals surface area contributed by atoms with Crippen LogP contribution in [0.1, 0.15) is 39.8 Å². The van der Waals surface area contributed by atoms with Gasteiger partial charge in [-0.05, 0) is 32.9 Å². The smallest absolute Gasteiger partial charge is 0.214 e. The lowest BCUT2D eigenvalue weighted by molar-refractivity contribution is 0.0987. The topological polar surface area (TPSA) is 34.1 Å². The lowest BCUT2D eigenvalue weighted by Gasteiger charge is -2.24. The van der Waals surface area contributed by atoms with E-state index in [2.05, 4.69) is 38.0 Å². The summed E-state index contributed by atoms with van der Waals surface area (Å²) in [6.45, 7) is 10.1. The molecule has 0 aliphatic heterocycles. The highest BCUT2D eigenvalue weighted by atomic mass is 16.5. The third-order valence-electron chi connectivity index (χ3n) is 2.57. The highest BCUT2D eigenvalue weighted by Crippen LogP contribution is 2.18. The molecule has 0 spiro atoms. The second-order valence-corrected chi connectivity index (χ2v) is 4.46. The Kier molecular flexibility index (Phi) is 4.74. The summed E-state index contributed by atoms with van der Waals surface area (Å²) >= 11 is 0. The molecule has 0 amide bonds. The minimum atomic E-state index is -0.149. The molecular formula is C13H22N2O. The Morgan fingerprint density at radius 2 is 2.06 bits per heavy atom. The summed E-state index contributed by atoms with van der Waals surface area (Å²) in [5.74, 6) is 0.710. The first kappa shape index (κ1) is 13.0. The van der Waals surface area contributed by atoms with Crippen LogP contribution < -0.4 is 10.1 Å². The van der Waals surface area contributed by atoms with Crippen molar-refractivity contribution >= 4 is 0 Å². The molecule has 16 heavy (non-hydrogen) atoms. The molecule has 1 aromatic heterocycles. The van der Waals surface area contributed by atoms with Crippen LogP contribution in [0, 0.1) is 0 Å². The van der Waals surface area contributed by atoms with E-state index in [1.807, 2.05) is 18.2 Å². The minimum Gasteiger partial charge on any atom is -0.472 e. The lowest BCUT2D eigenvalue weighted by atomic mass is 10.1. The van der Waals surface area contributed by atoms with E-state index in [9.17, 15) is 0 Å². The van der Waals surface area contributed by atoms with E-state index < -0.39 is 0 Å². The van der Waals surface area contributed by atoms with Crippen LogP contribution in [0.3, 0.4) is 0 Å². The zero-order valence-corrected chi connectivity index (χ0v) is 10.7. The van der Waals surface area contributed by atoms with E-state index in [1.54, 1.807) is 0 Å². The maximum absolute atomic E-state index is 5.83. The number of nitrogens with zero attached hydrogens (tertiary/aromatic N) is 1. The summed E-state index contributed by atoms with van der Waals surface area (Å²) in [7, 11) is 0. The van der Waals surface area contributed by atoms with Crippen molar-refractivity contribution in [3.05, 3.63) is 23.9 Å². The Morgan fingerprint density at radius 1 is 1.31 bits per heavy atom. The maximum Gasteiger partial charge on any atom is 0.214 e. The highest BCUT2D eigenvalue weighted by molar-refractivity contribution is 5.16. The molecular weight excluding hydrogens is 200 g/mol. The number of aromatic nitrogens is 1. The van der Waals surface area contributed by atoms with Crippen LogP contribution in [0.4, 0.5) is 0 Å². The molecule has 0 radical (unpaired) electrons. The summed E-state index contributed by atoms with van der Waals surface area (Å²) in [4.78, 5) is 4.46. The summed E-state index contributed by atoms with van der Waals surface area (Å²) < 4.78 is 5.83. The van der Waals surface area contributed by atoms with Gasteiger partial charge in [-0.2, -0.15) is 0 Å². The quantitative estimate of drug-likeness (QED) is 0.803. The van der Waals surface area contributed by atoms with Gasteiger partial charge in [-0.3, -0.25) is 0 Å². The molecule has 0 atom stereocenters. The van der Waals surface area contributed by atoms with Gasteiger partial charge >= 0.3 is 0 Å². The molecule has 0 aliphatic rings. The predicted molar refractivity (Wildman–Crippen MR) is 66.6 cm³/mol. The molecule has 1 N–H and O–H groups in total. The first-order valence-corrected chi connectivity index (χ1v) is 5.93. The third kappa shape index (κ3) is 4.19. The molecule has 1 heterocycles. The van der Waals surface area contributed by atoms with Crippen LogP contribution in [0.5, 0.6) is 5.88 Å². The zero-order valence-electron chi connectivity index (χ0n) is 10.7. The number of rotatable bonds is 6. The zero-order chi connectivity index (χ0) is 12.0. The van der Waals surface area contributed by atoms with Gasteiger partial charge in [0.1, 0.15) is 5.60 Å². The van der Waals surface area contributed by atoms with Gasteiger partial charge in [0.2, 0.25) is 5.88 Å². The second kappa shape index (κ2) is 5.85. The fraction of sp³-hybridized carbons (Fsp3) is 0.615. The van der Waals surface area contributed by atoms with Gasteiger partial charge in [0.15, 0.2) is 0 Å². The molecule has 1 aromatic rings. The number of pyridine rings is 1. The Bertz CT molecular complexity index is 323. The molecule has 0 aromatic carbocycles. The molecule has 0 bridgehead atoms. The average molecular weight is 222 g/mol. The Labute approximate surface area is 98.2 Å². The summed E-state index contributed by atoms with van der Waals surface area (Å²) in [5, 5.41) is 3.25. The number of ether oxygens (including phenoxy) is 1. The average Bonchev–Trinajstić information content (AvgIpc) is 2.26. The molecule has 0 saturated heterocycles. The van der Waals surface area contributed by atoms with E-state index in [-0.39, 0.29) is 5.60 Å². The van der Waals surface area contributed by atoms with E-state index in [4.69, 9.17) is 4.74 Å². The Morgan fingerprint density at radius 3 is 2.69 bits per heavy atom. The van der Waals surface area contributed by atoms with E-state index >= 15 is 0 Å². The van der Waals surface area contributed by atoms with Crippen LogP contribution in [0.2, 0.25) is 0 Å². The lowest BCUT2D eigenvalue weighted by Crippen LogP contribution is -2.27. The van der Waals surface area contributed by atoms with Gasteiger partial charge in [-0.25, -0.2) is 4.98 Å². The number of hydrogen-bond donors (Lipinski definition) is 1. The van der Waals surface area contributed by atoms with Crippen molar-refractivity contribution in [1.29, 1.82) is 0 Å². The molecule has 0 aliphatic carbocycles. The van der Waals surface area contributed by atoms with Crippen molar-refractivity contribution in [2.45, 2.75) is 46.3 Å². The van der Waals surface area contributed by atoms with Crippen LogP contribution in [-0.2, 0) is 6.54 Å². The SMILES string of the molecule is CCNCc1cccc(OC(C)(C)CC)n1. The maximum atomic E-state index is 5.83. The highest BCUT2D eigenvalue weighted by Gasteiger charge is 2.17. The molecule has 0 unspecified atom stereocenters. The van der Waals surface area contributed by atoms with E-state index in [1.165, 1.54) is 0 Å². The molecule has 90 valence electrons.